The Morgan fingerprint density at radius 1 is 1.45 bits per heavy atom. The van der Waals surface area contributed by atoms with Crippen LogP contribution in [0.1, 0.15) is 13.3 Å². The van der Waals surface area contributed by atoms with Crippen molar-refractivity contribution in [2.24, 2.45) is 0 Å². The fourth-order valence-corrected chi connectivity index (χ4v) is 2.70. The smallest absolute Gasteiger partial charge is 0.404 e. The number of nitrogens with one attached hydrogen (secondary N) is 1. The van der Waals surface area contributed by atoms with Gasteiger partial charge in [0.25, 0.3) is 5.56 Å². The molecule has 2 N–H and O–H groups in total. The Kier molecular flexibility index (Phi) is 7.11. The monoisotopic (exact) mass is 316 g/mol. The zero-order valence-electron chi connectivity index (χ0n) is 11.1. The molecule has 0 aliphatic rings. The van der Waals surface area contributed by atoms with Gasteiger partial charge in [-0.15, -0.1) is 11.6 Å². The zero-order chi connectivity index (χ0) is 15.0. The van der Waals surface area contributed by atoms with Crippen molar-refractivity contribution in [2.45, 2.75) is 19.9 Å². The van der Waals surface area contributed by atoms with Gasteiger partial charge in [-0.2, -0.15) is 0 Å². The van der Waals surface area contributed by atoms with E-state index in [1.807, 2.05) is 28.2 Å². The molecule has 0 bridgehead atoms. The summed E-state index contributed by atoms with van der Waals surface area (Å²) in [5.41, 5.74) is 0.155. The van der Waals surface area contributed by atoms with Crippen LogP contribution >= 0.6 is 23.1 Å². The van der Waals surface area contributed by atoms with Crippen molar-refractivity contribution >= 4 is 39.3 Å². The van der Waals surface area contributed by atoms with Crippen LogP contribution in [0.25, 0.3) is 10.1 Å². The lowest BCUT2D eigenvalue weighted by Gasteiger charge is -1.92. The summed E-state index contributed by atoms with van der Waals surface area (Å²) in [4.78, 5) is 21.3. The predicted molar refractivity (Wildman–Crippen MR) is 83.1 cm³/mol. The van der Waals surface area contributed by atoms with Crippen LogP contribution in [0.15, 0.2) is 29.1 Å². The molecule has 1 aromatic heterocycles. The number of amides is 1. The molecular weight excluding hydrogens is 300 g/mol. The van der Waals surface area contributed by atoms with E-state index in [0.717, 1.165) is 23.1 Å². The van der Waals surface area contributed by atoms with Gasteiger partial charge in [-0.3, -0.25) is 8.75 Å². The second kappa shape index (κ2) is 8.60. The van der Waals surface area contributed by atoms with Crippen molar-refractivity contribution in [2.75, 3.05) is 12.4 Å². The predicted octanol–water partition coefficient (Wildman–Crippen LogP) is 2.97. The highest BCUT2D eigenvalue weighted by Gasteiger charge is 2.04. The van der Waals surface area contributed by atoms with Crippen LogP contribution in [0.4, 0.5) is 4.79 Å². The summed E-state index contributed by atoms with van der Waals surface area (Å²) >= 11 is 6.67. The lowest BCUT2D eigenvalue weighted by Crippen LogP contribution is -2.22. The Morgan fingerprint density at radius 2 is 2.15 bits per heavy atom. The van der Waals surface area contributed by atoms with E-state index < -0.39 is 6.09 Å². The number of rotatable bonds is 4. The summed E-state index contributed by atoms with van der Waals surface area (Å²) in [6, 6.07) is 7.76. The number of alkyl halides is 1. The van der Waals surface area contributed by atoms with E-state index in [1.54, 1.807) is 11.5 Å². The molecule has 0 aliphatic heterocycles. The summed E-state index contributed by atoms with van der Waals surface area (Å²) in [6.07, 6.45) is -0.0205. The molecule has 0 radical (unpaired) electrons. The number of aromatic nitrogens is 1. The molecule has 1 heterocycles. The first kappa shape index (κ1) is 16.5. The molecule has 110 valence electrons. The van der Waals surface area contributed by atoms with Crippen LogP contribution in [0.2, 0.25) is 0 Å². The number of aryl methyl sites for hydroxylation is 1. The Balaban J connectivity index is 0.000000246. The number of carboxylic acid groups (broad SMARTS) is 1. The normalized spacial score (nSPS) is 9.90. The summed E-state index contributed by atoms with van der Waals surface area (Å²) < 4.78 is 2.91. The number of nitrogens with zero attached hydrogens (tertiary/aromatic N) is 1. The van der Waals surface area contributed by atoms with Crippen LogP contribution in [0, 0.1) is 0 Å². The Hall–Kier alpha value is -1.53. The minimum atomic E-state index is -1.03. The maximum absolute atomic E-state index is 11.7. The first-order valence-electron chi connectivity index (χ1n) is 6.21. The third-order valence-corrected chi connectivity index (χ3v) is 3.66. The van der Waals surface area contributed by atoms with Gasteiger partial charge in [0, 0.05) is 19.0 Å². The Morgan fingerprint density at radius 3 is 2.65 bits per heavy atom. The number of halogens is 1. The molecule has 0 atom stereocenters. The van der Waals surface area contributed by atoms with Crippen molar-refractivity contribution in [1.82, 2.24) is 9.27 Å². The Labute approximate surface area is 125 Å². The number of benzene rings is 1. The fourth-order valence-electron chi connectivity index (χ4n) is 1.52. The van der Waals surface area contributed by atoms with Crippen molar-refractivity contribution in [3.63, 3.8) is 0 Å². The minimum Gasteiger partial charge on any atom is -0.465 e. The van der Waals surface area contributed by atoms with Gasteiger partial charge in [-0.1, -0.05) is 30.6 Å². The van der Waals surface area contributed by atoms with Crippen molar-refractivity contribution in [3.8, 4) is 0 Å². The Bertz CT molecular complexity index is 609. The minimum absolute atomic E-state index is 0.155. The second-order valence-corrected chi connectivity index (χ2v) is 5.36. The molecule has 1 aromatic carbocycles. The maximum Gasteiger partial charge on any atom is 0.404 e. The first-order valence-corrected chi connectivity index (χ1v) is 7.52. The van der Waals surface area contributed by atoms with Crippen molar-refractivity contribution in [3.05, 3.63) is 34.6 Å². The van der Waals surface area contributed by atoms with Gasteiger partial charge < -0.3 is 10.4 Å². The highest BCUT2D eigenvalue weighted by molar-refractivity contribution is 7.13. The molecule has 5 nitrogen and oxygen atoms in total. The number of hydrogen-bond donors (Lipinski definition) is 2. The lowest BCUT2D eigenvalue weighted by atomic mass is 10.3. The van der Waals surface area contributed by atoms with Crippen LogP contribution < -0.4 is 10.9 Å². The first-order chi connectivity index (χ1) is 9.60. The third-order valence-electron chi connectivity index (χ3n) is 2.35. The molecule has 1 amide bonds. The van der Waals surface area contributed by atoms with E-state index in [-0.39, 0.29) is 5.56 Å². The quantitative estimate of drug-likeness (QED) is 0.852. The van der Waals surface area contributed by atoms with Gasteiger partial charge in [-0.05, 0) is 18.6 Å². The molecule has 7 heteroatoms. The zero-order valence-corrected chi connectivity index (χ0v) is 12.7. The highest BCUT2D eigenvalue weighted by Crippen LogP contribution is 2.15. The number of fused-ring (bicyclic) bond motifs is 1. The van der Waals surface area contributed by atoms with Gasteiger partial charge in [0.05, 0.1) is 10.1 Å². The second-order valence-electron chi connectivity index (χ2n) is 3.92. The summed E-state index contributed by atoms with van der Waals surface area (Å²) in [6.45, 7) is 3.23. The van der Waals surface area contributed by atoms with Gasteiger partial charge >= 0.3 is 6.09 Å². The molecule has 0 unspecified atom stereocenters. The number of hydrogen-bond acceptors (Lipinski definition) is 3. The summed E-state index contributed by atoms with van der Waals surface area (Å²) in [5, 5.41) is 10.8. The lowest BCUT2D eigenvalue weighted by molar-refractivity contribution is 0.195. The van der Waals surface area contributed by atoms with Gasteiger partial charge in [-0.25, -0.2) is 4.79 Å². The summed E-state index contributed by atoms with van der Waals surface area (Å²) in [5.74, 6) is 0.326. The van der Waals surface area contributed by atoms with E-state index in [9.17, 15) is 9.59 Å². The standard InChI is InChI=1S/C10H11NOS.C3H6ClNO2/c1-2-7-11-10(12)8-5-3-4-6-9(8)13-11;4-1-2-5-3(6)7/h3-6H,2,7H2,1H3;5H,1-2H2,(H,6,7). The van der Waals surface area contributed by atoms with E-state index in [1.165, 1.54) is 0 Å². The summed E-state index contributed by atoms with van der Waals surface area (Å²) in [7, 11) is 0. The molecule has 0 saturated heterocycles. The van der Waals surface area contributed by atoms with Crippen LogP contribution in [0.3, 0.4) is 0 Å². The molecular formula is C13H17ClN2O3S. The molecule has 0 aliphatic carbocycles. The molecule has 0 saturated carbocycles. The highest BCUT2D eigenvalue weighted by atomic mass is 35.5. The van der Waals surface area contributed by atoms with E-state index in [4.69, 9.17) is 16.7 Å². The van der Waals surface area contributed by atoms with Gasteiger partial charge in [0.2, 0.25) is 0 Å². The average Bonchev–Trinajstić information content (AvgIpc) is 2.75. The SMILES string of the molecule is CCCn1sc2ccccc2c1=O.O=C(O)NCCCl. The molecule has 2 aromatic rings. The van der Waals surface area contributed by atoms with Crippen molar-refractivity contribution in [1.29, 1.82) is 0 Å². The number of carbonyl (C=O) groups is 1. The average molecular weight is 317 g/mol. The van der Waals surface area contributed by atoms with Crippen LogP contribution in [0.5, 0.6) is 0 Å². The van der Waals surface area contributed by atoms with Gasteiger partial charge in [0.15, 0.2) is 0 Å². The third kappa shape index (κ3) is 4.86. The fraction of sp³-hybridized carbons (Fsp3) is 0.385. The van der Waals surface area contributed by atoms with E-state index >= 15 is 0 Å². The molecule has 20 heavy (non-hydrogen) atoms. The topological polar surface area (TPSA) is 71.3 Å². The molecule has 0 spiro atoms. The van der Waals surface area contributed by atoms with E-state index in [0.29, 0.717) is 12.4 Å². The molecule has 0 fully saturated rings. The van der Waals surface area contributed by atoms with Crippen LogP contribution in [-0.2, 0) is 6.54 Å². The molecule has 2 rings (SSSR count). The van der Waals surface area contributed by atoms with Gasteiger partial charge in [0.1, 0.15) is 0 Å². The van der Waals surface area contributed by atoms with E-state index in [2.05, 4.69) is 12.2 Å². The largest absolute Gasteiger partial charge is 0.465 e. The van der Waals surface area contributed by atoms with Crippen molar-refractivity contribution < 1.29 is 9.90 Å². The van der Waals surface area contributed by atoms with Crippen LogP contribution in [-0.4, -0.2) is 27.6 Å². The maximum atomic E-state index is 11.7.